The molecule has 174 valence electrons. The van der Waals surface area contributed by atoms with Gasteiger partial charge in [-0.2, -0.15) is 0 Å². The molecule has 0 amide bonds. The van der Waals surface area contributed by atoms with Crippen LogP contribution in [0.5, 0.6) is 0 Å². The van der Waals surface area contributed by atoms with Crippen LogP contribution in [-0.2, 0) is 17.8 Å². The molecule has 0 saturated carbocycles. The fourth-order valence-electron chi connectivity index (χ4n) is 4.75. The lowest BCUT2D eigenvalue weighted by atomic mass is 9.98. The molecule has 1 saturated heterocycles. The number of imidazole rings is 1. The number of hydrogen-bond donors (Lipinski definition) is 2. The summed E-state index contributed by atoms with van der Waals surface area (Å²) < 4.78 is 4.24. The second-order valence-corrected chi connectivity index (χ2v) is 9.56. The standard InChI is InChI=1S/C29H32N4O/c1-20-7-11-22(12-8-20)17-24(15-16-28(34)25-18-31-25)33-27-6-4-3-5-26(27)32(29(33)30)19-23-13-9-21(2)10-14-23/h3-14,24-25,30-31H,15-19H2,1-2H3/t24-,25?/m1/s1. The lowest BCUT2D eigenvalue weighted by molar-refractivity contribution is -0.118. The van der Waals surface area contributed by atoms with Crippen LogP contribution in [0.3, 0.4) is 0 Å². The molecule has 0 bridgehead atoms. The van der Waals surface area contributed by atoms with Crippen LogP contribution < -0.4 is 10.9 Å². The number of carbonyl (C=O) groups is 1. The first-order valence-electron chi connectivity index (χ1n) is 12.1. The van der Waals surface area contributed by atoms with E-state index < -0.39 is 0 Å². The molecule has 1 aliphatic rings. The smallest absolute Gasteiger partial charge is 0.203 e. The Bertz CT molecular complexity index is 1360. The van der Waals surface area contributed by atoms with E-state index in [0.717, 1.165) is 30.4 Å². The topological polar surface area (TPSA) is 72.7 Å². The van der Waals surface area contributed by atoms with Gasteiger partial charge in [-0.05, 0) is 49.9 Å². The van der Waals surface area contributed by atoms with Crippen LogP contribution in [-0.4, -0.2) is 27.5 Å². The number of hydrogen-bond acceptors (Lipinski definition) is 3. The number of aromatic nitrogens is 2. The molecule has 1 aliphatic heterocycles. The maximum atomic E-state index is 12.5. The van der Waals surface area contributed by atoms with E-state index in [2.05, 4.69) is 89.0 Å². The molecule has 1 unspecified atom stereocenters. The van der Waals surface area contributed by atoms with Gasteiger partial charge >= 0.3 is 0 Å². The Morgan fingerprint density at radius 1 is 0.941 bits per heavy atom. The molecule has 0 radical (unpaired) electrons. The van der Waals surface area contributed by atoms with Crippen LogP contribution in [0.4, 0.5) is 0 Å². The third-order valence-electron chi connectivity index (χ3n) is 6.86. The molecular weight excluding hydrogens is 420 g/mol. The summed E-state index contributed by atoms with van der Waals surface area (Å²) in [4.78, 5) is 12.5. The second kappa shape index (κ2) is 9.43. The molecule has 2 atom stereocenters. The molecule has 5 heteroatoms. The van der Waals surface area contributed by atoms with E-state index in [1.165, 1.54) is 22.3 Å². The molecule has 1 aromatic heterocycles. The van der Waals surface area contributed by atoms with Crippen molar-refractivity contribution in [3.05, 3.63) is 101 Å². The molecule has 5 rings (SSSR count). The van der Waals surface area contributed by atoms with Crippen LogP contribution in [0.25, 0.3) is 11.0 Å². The zero-order valence-electron chi connectivity index (χ0n) is 19.9. The zero-order valence-corrected chi connectivity index (χ0v) is 19.9. The fraction of sp³-hybridized carbons (Fsp3) is 0.310. The number of carbonyl (C=O) groups excluding carboxylic acids is 1. The predicted molar refractivity (Wildman–Crippen MR) is 136 cm³/mol. The average molecular weight is 453 g/mol. The average Bonchev–Trinajstić information content (AvgIpc) is 3.66. The quantitative estimate of drug-likeness (QED) is 0.362. The number of nitrogens with zero attached hydrogens (tertiary/aromatic N) is 2. The fourth-order valence-corrected chi connectivity index (χ4v) is 4.75. The Labute approximate surface area is 200 Å². The van der Waals surface area contributed by atoms with E-state index in [-0.39, 0.29) is 17.9 Å². The second-order valence-electron chi connectivity index (χ2n) is 9.56. The lowest BCUT2D eigenvalue weighted by Gasteiger charge is -2.20. The summed E-state index contributed by atoms with van der Waals surface area (Å²) in [6.45, 7) is 5.63. The Morgan fingerprint density at radius 2 is 1.53 bits per heavy atom. The Morgan fingerprint density at radius 3 is 2.15 bits per heavy atom. The maximum Gasteiger partial charge on any atom is 0.203 e. The van der Waals surface area contributed by atoms with Gasteiger partial charge in [-0.15, -0.1) is 0 Å². The van der Waals surface area contributed by atoms with Gasteiger partial charge in [0.25, 0.3) is 0 Å². The van der Waals surface area contributed by atoms with Crippen molar-refractivity contribution in [3.63, 3.8) is 0 Å². The van der Waals surface area contributed by atoms with Gasteiger partial charge in [0.05, 0.1) is 23.6 Å². The minimum absolute atomic E-state index is 0.0297. The van der Waals surface area contributed by atoms with Gasteiger partial charge in [-0.25, -0.2) is 0 Å². The number of nitrogens with one attached hydrogen (secondary N) is 2. The molecule has 0 aliphatic carbocycles. The first-order valence-corrected chi connectivity index (χ1v) is 12.1. The zero-order chi connectivity index (χ0) is 23.7. The van der Waals surface area contributed by atoms with Gasteiger partial charge in [-0.3, -0.25) is 10.2 Å². The van der Waals surface area contributed by atoms with Crippen molar-refractivity contribution in [2.75, 3.05) is 6.54 Å². The van der Waals surface area contributed by atoms with Crippen LogP contribution in [0, 0.1) is 19.3 Å². The van der Waals surface area contributed by atoms with Crippen molar-refractivity contribution in [3.8, 4) is 0 Å². The SMILES string of the molecule is Cc1ccc(C[C@@H](CCC(=O)C2CN2)n2c(=N)n(Cc3ccc(C)cc3)c3ccccc32)cc1. The number of Topliss-reactive ketones (excluding diaryl/α,β-unsaturated/α-hetero) is 1. The van der Waals surface area contributed by atoms with Gasteiger partial charge in [0.2, 0.25) is 5.62 Å². The van der Waals surface area contributed by atoms with E-state index in [1.807, 2.05) is 12.1 Å². The largest absolute Gasteiger partial charge is 0.307 e. The minimum Gasteiger partial charge on any atom is -0.307 e. The first kappa shape index (κ1) is 22.4. The summed E-state index contributed by atoms with van der Waals surface area (Å²) in [5.41, 5.74) is 7.46. The maximum absolute atomic E-state index is 12.5. The number of ketones is 1. The van der Waals surface area contributed by atoms with E-state index >= 15 is 0 Å². The van der Waals surface area contributed by atoms with Crippen LogP contribution in [0.1, 0.15) is 41.1 Å². The van der Waals surface area contributed by atoms with Gasteiger partial charge in [0.1, 0.15) is 0 Å². The summed E-state index contributed by atoms with van der Waals surface area (Å²) in [5, 5.41) is 12.3. The highest BCUT2D eigenvalue weighted by atomic mass is 16.1. The number of para-hydroxylation sites is 2. The number of rotatable bonds is 9. The van der Waals surface area contributed by atoms with Crippen molar-refractivity contribution >= 4 is 16.8 Å². The normalized spacial score (nSPS) is 16.0. The third-order valence-corrected chi connectivity index (χ3v) is 6.86. The Balaban J connectivity index is 1.54. The number of benzene rings is 3. The number of aryl methyl sites for hydroxylation is 2. The summed E-state index contributed by atoms with van der Waals surface area (Å²) in [5.74, 6) is 0.282. The summed E-state index contributed by atoms with van der Waals surface area (Å²) in [6.07, 6.45) is 2.04. The van der Waals surface area contributed by atoms with Crippen molar-refractivity contribution in [2.24, 2.45) is 0 Å². The van der Waals surface area contributed by atoms with Gasteiger partial charge in [0.15, 0.2) is 5.78 Å². The van der Waals surface area contributed by atoms with Gasteiger partial charge < -0.3 is 14.5 Å². The molecule has 1 fully saturated rings. The molecule has 34 heavy (non-hydrogen) atoms. The monoisotopic (exact) mass is 452 g/mol. The minimum atomic E-state index is 0.0297. The molecule has 4 aromatic rings. The molecule has 3 aromatic carbocycles. The van der Waals surface area contributed by atoms with Crippen molar-refractivity contribution in [2.45, 2.75) is 51.7 Å². The molecule has 5 nitrogen and oxygen atoms in total. The van der Waals surface area contributed by atoms with Gasteiger partial charge in [0, 0.05) is 19.0 Å². The molecule has 2 N–H and O–H groups in total. The predicted octanol–water partition coefficient (Wildman–Crippen LogP) is 4.69. The molecule has 2 heterocycles. The summed E-state index contributed by atoms with van der Waals surface area (Å²) in [7, 11) is 0. The highest BCUT2D eigenvalue weighted by Gasteiger charge is 2.29. The van der Waals surface area contributed by atoms with E-state index in [4.69, 9.17) is 0 Å². The van der Waals surface area contributed by atoms with Gasteiger partial charge in [-0.1, -0.05) is 71.8 Å². The third kappa shape index (κ3) is 4.75. The van der Waals surface area contributed by atoms with Crippen LogP contribution in [0.15, 0.2) is 72.8 Å². The van der Waals surface area contributed by atoms with E-state index in [1.54, 1.807) is 0 Å². The van der Waals surface area contributed by atoms with Crippen molar-refractivity contribution in [1.82, 2.24) is 14.5 Å². The van der Waals surface area contributed by atoms with E-state index in [0.29, 0.717) is 18.6 Å². The molecule has 0 spiro atoms. The highest BCUT2D eigenvalue weighted by Crippen LogP contribution is 2.26. The van der Waals surface area contributed by atoms with Crippen LogP contribution >= 0.6 is 0 Å². The first-order chi connectivity index (χ1) is 16.5. The summed E-state index contributed by atoms with van der Waals surface area (Å²) in [6, 6.07) is 25.5. The Hall–Kier alpha value is -3.44. The van der Waals surface area contributed by atoms with Crippen LogP contribution in [0.2, 0.25) is 0 Å². The van der Waals surface area contributed by atoms with Crippen molar-refractivity contribution in [1.29, 1.82) is 5.41 Å². The number of fused-ring (bicyclic) bond motifs is 1. The Kier molecular flexibility index (Phi) is 6.20. The lowest BCUT2D eigenvalue weighted by Crippen LogP contribution is -2.30. The van der Waals surface area contributed by atoms with E-state index in [9.17, 15) is 10.2 Å². The molecular formula is C29H32N4O. The van der Waals surface area contributed by atoms with Crippen molar-refractivity contribution < 1.29 is 4.79 Å². The summed E-state index contributed by atoms with van der Waals surface area (Å²) >= 11 is 0. The highest BCUT2D eigenvalue weighted by molar-refractivity contribution is 5.86.